The molecule has 1 heterocycles. The molecular formula is C21H26N2O4S2. The summed E-state index contributed by atoms with van der Waals surface area (Å²) in [6, 6.07) is 14.3. The van der Waals surface area contributed by atoms with Crippen LogP contribution in [-0.2, 0) is 19.6 Å². The Labute approximate surface area is 176 Å². The number of nitrogens with zero attached hydrogens (tertiary/aromatic N) is 1. The third-order valence-corrected chi connectivity index (χ3v) is 7.41. The van der Waals surface area contributed by atoms with E-state index in [0.717, 1.165) is 4.90 Å². The molecule has 0 unspecified atom stereocenters. The molecular weight excluding hydrogens is 408 g/mol. The molecule has 156 valence electrons. The van der Waals surface area contributed by atoms with Gasteiger partial charge in [0.05, 0.1) is 22.9 Å². The van der Waals surface area contributed by atoms with Gasteiger partial charge in [-0.1, -0.05) is 17.7 Å². The topological polar surface area (TPSA) is 75.7 Å². The summed E-state index contributed by atoms with van der Waals surface area (Å²) in [5, 5.41) is 2.81. The Balaban J connectivity index is 1.59. The number of thioether (sulfide) groups is 1. The first-order chi connectivity index (χ1) is 13.7. The van der Waals surface area contributed by atoms with Crippen LogP contribution in [0.3, 0.4) is 0 Å². The molecule has 1 fully saturated rings. The number of carbonyl (C=O) groups is 1. The van der Waals surface area contributed by atoms with Crippen molar-refractivity contribution in [2.75, 3.05) is 24.2 Å². The molecule has 1 saturated heterocycles. The molecule has 1 amide bonds. The van der Waals surface area contributed by atoms with Gasteiger partial charge in [0, 0.05) is 23.7 Å². The van der Waals surface area contributed by atoms with Crippen LogP contribution in [0.5, 0.6) is 0 Å². The number of sulfonamides is 1. The van der Waals surface area contributed by atoms with Gasteiger partial charge in [0.2, 0.25) is 15.9 Å². The minimum absolute atomic E-state index is 0.137. The number of morpholine rings is 1. The van der Waals surface area contributed by atoms with E-state index in [2.05, 4.69) is 5.32 Å². The monoisotopic (exact) mass is 434 g/mol. The Morgan fingerprint density at radius 1 is 1.07 bits per heavy atom. The zero-order valence-electron chi connectivity index (χ0n) is 16.8. The first-order valence-electron chi connectivity index (χ1n) is 9.49. The maximum Gasteiger partial charge on any atom is 0.243 e. The largest absolute Gasteiger partial charge is 0.373 e. The molecule has 0 spiro atoms. The third kappa shape index (κ3) is 5.82. The van der Waals surface area contributed by atoms with E-state index in [1.165, 1.54) is 33.8 Å². The first-order valence-corrected chi connectivity index (χ1v) is 11.9. The number of hydrogen-bond donors (Lipinski definition) is 1. The van der Waals surface area contributed by atoms with E-state index in [9.17, 15) is 13.2 Å². The molecule has 29 heavy (non-hydrogen) atoms. The van der Waals surface area contributed by atoms with Crippen LogP contribution in [0, 0.1) is 6.92 Å². The predicted octanol–water partition coefficient (Wildman–Crippen LogP) is 3.52. The Bertz CT molecular complexity index is 934. The summed E-state index contributed by atoms with van der Waals surface area (Å²) in [5.74, 6) is 0.147. The van der Waals surface area contributed by atoms with Gasteiger partial charge in [0.1, 0.15) is 0 Å². The van der Waals surface area contributed by atoms with Gasteiger partial charge in [-0.3, -0.25) is 4.79 Å². The number of carbonyl (C=O) groups excluding carboxylic acids is 1. The summed E-state index contributed by atoms with van der Waals surface area (Å²) in [6.45, 7) is 6.42. The Morgan fingerprint density at radius 3 is 2.24 bits per heavy atom. The fourth-order valence-corrected chi connectivity index (χ4v) is 5.46. The molecule has 0 bridgehead atoms. The summed E-state index contributed by atoms with van der Waals surface area (Å²) in [7, 11) is -3.59. The molecule has 6 nitrogen and oxygen atoms in total. The van der Waals surface area contributed by atoms with Gasteiger partial charge in [0.15, 0.2) is 0 Å². The van der Waals surface area contributed by atoms with Gasteiger partial charge in [-0.2, -0.15) is 4.31 Å². The molecule has 2 atom stereocenters. The summed E-state index contributed by atoms with van der Waals surface area (Å²) in [5.41, 5.74) is 1.75. The second-order valence-corrected chi connectivity index (χ2v) is 10.2. The molecule has 1 N–H and O–H groups in total. The summed E-state index contributed by atoms with van der Waals surface area (Å²) < 4.78 is 32.8. The molecule has 1 aliphatic heterocycles. The van der Waals surface area contributed by atoms with E-state index in [1.54, 1.807) is 12.1 Å². The van der Waals surface area contributed by atoms with E-state index in [-0.39, 0.29) is 28.8 Å². The van der Waals surface area contributed by atoms with Gasteiger partial charge in [-0.15, -0.1) is 11.8 Å². The highest BCUT2D eigenvalue weighted by molar-refractivity contribution is 8.00. The molecule has 1 aliphatic rings. The van der Waals surface area contributed by atoms with E-state index < -0.39 is 10.0 Å². The number of benzene rings is 2. The third-order valence-electron chi connectivity index (χ3n) is 4.55. The molecule has 2 aromatic carbocycles. The van der Waals surface area contributed by atoms with Gasteiger partial charge in [0.25, 0.3) is 0 Å². The van der Waals surface area contributed by atoms with Crippen molar-refractivity contribution in [3.63, 3.8) is 0 Å². The minimum Gasteiger partial charge on any atom is -0.373 e. The van der Waals surface area contributed by atoms with Crippen LogP contribution < -0.4 is 5.32 Å². The number of ether oxygens (including phenoxy) is 1. The lowest BCUT2D eigenvalue weighted by molar-refractivity contribution is -0.113. The molecule has 0 saturated carbocycles. The van der Waals surface area contributed by atoms with Crippen molar-refractivity contribution in [2.45, 2.75) is 42.8 Å². The molecule has 0 radical (unpaired) electrons. The average molecular weight is 435 g/mol. The van der Waals surface area contributed by atoms with Crippen LogP contribution in [0.1, 0.15) is 19.4 Å². The fourth-order valence-electron chi connectivity index (χ4n) is 3.17. The van der Waals surface area contributed by atoms with Crippen molar-refractivity contribution < 1.29 is 17.9 Å². The highest BCUT2D eigenvalue weighted by Gasteiger charge is 2.32. The number of amides is 1. The summed E-state index contributed by atoms with van der Waals surface area (Å²) >= 11 is 1.46. The van der Waals surface area contributed by atoms with Crippen LogP contribution in [-0.4, -0.2) is 49.7 Å². The summed E-state index contributed by atoms with van der Waals surface area (Å²) in [6.07, 6.45) is -0.281. The van der Waals surface area contributed by atoms with Gasteiger partial charge < -0.3 is 10.1 Å². The maximum absolute atomic E-state index is 12.9. The minimum atomic E-state index is -3.59. The van der Waals surface area contributed by atoms with Crippen molar-refractivity contribution in [3.05, 3.63) is 54.1 Å². The van der Waals surface area contributed by atoms with Crippen LogP contribution in [0.2, 0.25) is 0 Å². The Kier molecular flexibility index (Phi) is 7.00. The van der Waals surface area contributed by atoms with Gasteiger partial charge in [-0.05, 0) is 57.2 Å². The van der Waals surface area contributed by atoms with Crippen LogP contribution >= 0.6 is 11.8 Å². The van der Waals surface area contributed by atoms with Crippen molar-refractivity contribution in [1.29, 1.82) is 0 Å². The van der Waals surface area contributed by atoms with Crippen molar-refractivity contribution in [2.24, 2.45) is 0 Å². The second kappa shape index (κ2) is 9.30. The van der Waals surface area contributed by atoms with E-state index in [0.29, 0.717) is 18.8 Å². The average Bonchev–Trinajstić information content (AvgIpc) is 2.67. The first kappa shape index (κ1) is 21.8. The van der Waals surface area contributed by atoms with E-state index in [1.807, 2.05) is 45.0 Å². The molecule has 3 rings (SSSR count). The molecule has 8 heteroatoms. The summed E-state index contributed by atoms with van der Waals surface area (Å²) in [4.78, 5) is 13.4. The Hall–Kier alpha value is -1.87. The van der Waals surface area contributed by atoms with Crippen LogP contribution in [0.25, 0.3) is 0 Å². The lowest BCUT2D eigenvalue weighted by Gasteiger charge is -2.34. The lowest BCUT2D eigenvalue weighted by atomic mass is 10.2. The number of rotatable bonds is 6. The number of anilines is 1. The fraction of sp³-hybridized carbons (Fsp3) is 0.381. The van der Waals surface area contributed by atoms with Crippen molar-refractivity contribution >= 4 is 33.4 Å². The zero-order chi connectivity index (χ0) is 21.0. The predicted molar refractivity (Wildman–Crippen MR) is 116 cm³/mol. The molecule has 0 aromatic heterocycles. The van der Waals surface area contributed by atoms with E-state index in [4.69, 9.17) is 4.74 Å². The number of hydrogen-bond acceptors (Lipinski definition) is 5. The number of aryl methyl sites for hydroxylation is 1. The zero-order valence-corrected chi connectivity index (χ0v) is 18.4. The van der Waals surface area contributed by atoms with Gasteiger partial charge >= 0.3 is 0 Å². The quantitative estimate of drug-likeness (QED) is 0.704. The number of nitrogens with one attached hydrogen (secondary N) is 1. The van der Waals surface area contributed by atoms with E-state index >= 15 is 0 Å². The second-order valence-electron chi connectivity index (χ2n) is 7.25. The van der Waals surface area contributed by atoms with Crippen molar-refractivity contribution in [1.82, 2.24) is 4.31 Å². The highest BCUT2D eigenvalue weighted by atomic mass is 32.2. The van der Waals surface area contributed by atoms with Gasteiger partial charge in [-0.25, -0.2) is 8.42 Å². The highest BCUT2D eigenvalue weighted by Crippen LogP contribution is 2.23. The standard InChI is InChI=1S/C21H26N2O4S2/c1-15-4-8-19(9-5-15)28-14-21(24)22-18-6-10-20(11-7-18)29(25,26)23-12-16(2)27-17(3)13-23/h4-11,16-17H,12-14H2,1-3H3,(H,22,24)/t16-,17-/m0/s1. The normalized spacial score (nSPS) is 20.4. The SMILES string of the molecule is Cc1ccc(SCC(=O)Nc2ccc(S(=O)(=O)N3C[C@H](C)O[C@@H](C)C3)cc2)cc1. The Morgan fingerprint density at radius 2 is 1.66 bits per heavy atom. The van der Waals surface area contributed by atoms with Crippen LogP contribution in [0.15, 0.2) is 58.3 Å². The lowest BCUT2D eigenvalue weighted by Crippen LogP contribution is -2.48. The maximum atomic E-state index is 12.9. The molecule has 2 aromatic rings. The van der Waals surface area contributed by atoms with Crippen molar-refractivity contribution in [3.8, 4) is 0 Å². The molecule has 0 aliphatic carbocycles. The smallest absolute Gasteiger partial charge is 0.243 e. The van der Waals surface area contributed by atoms with Crippen LogP contribution in [0.4, 0.5) is 5.69 Å².